The van der Waals surface area contributed by atoms with E-state index in [4.69, 9.17) is 4.74 Å². The normalized spacial score (nSPS) is 18.0. The van der Waals surface area contributed by atoms with Crippen molar-refractivity contribution in [3.8, 4) is 11.5 Å². The van der Waals surface area contributed by atoms with Crippen LogP contribution in [-0.4, -0.2) is 15.8 Å². The van der Waals surface area contributed by atoms with Gasteiger partial charge in [0.25, 0.3) is 0 Å². The highest BCUT2D eigenvalue weighted by Gasteiger charge is 2.26. The molecule has 1 aliphatic rings. The molecule has 0 saturated heterocycles. The van der Waals surface area contributed by atoms with Crippen molar-refractivity contribution in [3.63, 3.8) is 0 Å². The standard InChI is InChI=1S/C11H12O3/c1-11(2)6-9(13)8-4-3-7(12)5-10(8)14-11/h3-6,12-13H,1-2H3. The van der Waals surface area contributed by atoms with Crippen molar-refractivity contribution in [1.29, 1.82) is 0 Å². The van der Waals surface area contributed by atoms with E-state index >= 15 is 0 Å². The summed E-state index contributed by atoms with van der Waals surface area (Å²) in [5, 5.41) is 19.0. The molecule has 0 fully saturated rings. The molecule has 1 aromatic carbocycles. The third-order valence-corrected chi connectivity index (χ3v) is 2.10. The number of phenols is 1. The highest BCUT2D eigenvalue weighted by molar-refractivity contribution is 5.68. The van der Waals surface area contributed by atoms with E-state index in [2.05, 4.69) is 0 Å². The van der Waals surface area contributed by atoms with Crippen LogP contribution in [0.25, 0.3) is 5.76 Å². The Balaban J connectivity index is 2.56. The minimum atomic E-state index is -0.537. The fourth-order valence-corrected chi connectivity index (χ4v) is 1.53. The molecular formula is C11H12O3. The smallest absolute Gasteiger partial charge is 0.135 e. The molecule has 0 aliphatic carbocycles. The summed E-state index contributed by atoms with van der Waals surface area (Å²) in [6, 6.07) is 4.65. The first kappa shape index (κ1) is 8.94. The summed E-state index contributed by atoms with van der Waals surface area (Å²) in [5.74, 6) is 0.834. The SMILES string of the molecule is CC1(C)C=C(O)c2ccc(O)cc2O1. The zero-order chi connectivity index (χ0) is 10.3. The number of benzene rings is 1. The Labute approximate surface area is 82.3 Å². The molecule has 0 atom stereocenters. The van der Waals surface area contributed by atoms with Crippen molar-refractivity contribution < 1.29 is 14.9 Å². The number of aromatic hydroxyl groups is 1. The lowest BCUT2D eigenvalue weighted by atomic mass is 10.0. The first-order valence-electron chi connectivity index (χ1n) is 4.42. The molecule has 0 unspecified atom stereocenters. The van der Waals surface area contributed by atoms with E-state index in [0.717, 1.165) is 0 Å². The Morgan fingerprint density at radius 3 is 2.64 bits per heavy atom. The van der Waals surface area contributed by atoms with E-state index in [1.807, 2.05) is 13.8 Å². The van der Waals surface area contributed by atoms with Gasteiger partial charge in [-0.2, -0.15) is 0 Å². The Kier molecular flexibility index (Phi) is 1.71. The average Bonchev–Trinajstić information content (AvgIpc) is 2.00. The minimum absolute atomic E-state index is 0.134. The van der Waals surface area contributed by atoms with E-state index in [1.165, 1.54) is 12.1 Å². The Hall–Kier alpha value is -1.64. The van der Waals surface area contributed by atoms with Crippen molar-refractivity contribution in [2.24, 2.45) is 0 Å². The lowest BCUT2D eigenvalue weighted by Crippen LogP contribution is -2.28. The summed E-state index contributed by atoms with van der Waals surface area (Å²) in [6.07, 6.45) is 1.65. The van der Waals surface area contributed by atoms with Gasteiger partial charge in [0.05, 0.1) is 5.56 Å². The van der Waals surface area contributed by atoms with Crippen LogP contribution < -0.4 is 4.74 Å². The summed E-state index contributed by atoms with van der Waals surface area (Å²) in [7, 11) is 0. The van der Waals surface area contributed by atoms with Gasteiger partial charge in [-0.15, -0.1) is 0 Å². The zero-order valence-electron chi connectivity index (χ0n) is 8.11. The molecular weight excluding hydrogens is 180 g/mol. The predicted octanol–water partition coefficient (Wildman–Crippen LogP) is 2.46. The molecule has 1 aromatic rings. The number of aliphatic hydroxyl groups excluding tert-OH is 1. The zero-order valence-corrected chi connectivity index (χ0v) is 8.11. The molecule has 1 heterocycles. The Morgan fingerprint density at radius 2 is 1.93 bits per heavy atom. The molecule has 0 radical (unpaired) electrons. The quantitative estimate of drug-likeness (QED) is 0.663. The van der Waals surface area contributed by atoms with Crippen LogP contribution in [0.4, 0.5) is 0 Å². The van der Waals surface area contributed by atoms with Crippen molar-refractivity contribution in [3.05, 3.63) is 29.8 Å². The fraction of sp³-hybridized carbons (Fsp3) is 0.273. The summed E-state index contributed by atoms with van der Waals surface area (Å²) >= 11 is 0. The molecule has 3 nitrogen and oxygen atoms in total. The van der Waals surface area contributed by atoms with Gasteiger partial charge < -0.3 is 14.9 Å². The number of aliphatic hydroxyl groups is 1. The van der Waals surface area contributed by atoms with E-state index in [9.17, 15) is 10.2 Å². The van der Waals surface area contributed by atoms with Crippen LogP contribution in [0.2, 0.25) is 0 Å². The van der Waals surface area contributed by atoms with E-state index < -0.39 is 5.60 Å². The predicted molar refractivity (Wildman–Crippen MR) is 53.4 cm³/mol. The molecule has 2 N–H and O–H groups in total. The number of hydrogen-bond donors (Lipinski definition) is 2. The molecule has 0 aromatic heterocycles. The second kappa shape index (κ2) is 2.67. The maximum absolute atomic E-state index is 9.69. The fourth-order valence-electron chi connectivity index (χ4n) is 1.53. The van der Waals surface area contributed by atoms with Gasteiger partial charge in [0.1, 0.15) is 22.9 Å². The molecule has 1 aliphatic heterocycles. The molecule has 0 saturated carbocycles. The molecule has 3 heteroatoms. The summed E-state index contributed by atoms with van der Waals surface area (Å²) in [5.41, 5.74) is 0.0763. The Morgan fingerprint density at radius 1 is 1.21 bits per heavy atom. The summed E-state index contributed by atoms with van der Waals surface area (Å²) in [6.45, 7) is 3.69. The van der Waals surface area contributed by atoms with E-state index in [-0.39, 0.29) is 11.5 Å². The van der Waals surface area contributed by atoms with Crippen molar-refractivity contribution in [2.75, 3.05) is 0 Å². The van der Waals surface area contributed by atoms with Crippen LogP contribution in [0.3, 0.4) is 0 Å². The molecule has 0 amide bonds. The third-order valence-electron chi connectivity index (χ3n) is 2.10. The lowest BCUT2D eigenvalue weighted by Gasteiger charge is -2.29. The van der Waals surface area contributed by atoms with Gasteiger partial charge >= 0.3 is 0 Å². The van der Waals surface area contributed by atoms with Gasteiger partial charge in [-0.1, -0.05) is 0 Å². The van der Waals surface area contributed by atoms with Gasteiger partial charge in [0.15, 0.2) is 0 Å². The van der Waals surface area contributed by atoms with Crippen LogP contribution in [0.15, 0.2) is 24.3 Å². The van der Waals surface area contributed by atoms with Crippen LogP contribution >= 0.6 is 0 Å². The topological polar surface area (TPSA) is 49.7 Å². The highest BCUT2D eigenvalue weighted by atomic mass is 16.5. The minimum Gasteiger partial charge on any atom is -0.508 e. The molecule has 0 bridgehead atoms. The second-order valence-corrected chi connectivity index (χ2v) is 3.92. The number of phenolic OH excluding ortho intramolecular Hbond substituents is 1. The first-order chi connectivity index (χ1) is 6.48. The van der Waals surface area contributed by atoms with Gasteiger partial charge in [0, 0.05) is 12.1 Å². The lowest BCUT2D eigenvalue weighted by molar-refractivity contribution is 0.153. The van der Waals surface area contributed by atoms with Gasteiger partial charge in [-0.3, -0.25) is 0 Å². The van der Waals surface area contributed by atoms with Gasteiger partial charge in [-0.25, -0.2) is 0 Å². The van der Waals surface area contributed by atoms with Crippen molar-refractivity contribution in [1.82, 2.24) is 0 Å². The number of rotatable bonds is 0. The first-order valence-corrected chi connectivity index (χ1v) is 4.42. The Bertz CT molecular complexity index is 405. The van der Waals surface area contributed by atoms with E-state index in [1.54, 1.807) is 12.1 Å². The molecule has 2 rings (SSSR count). The van der Waals surface area contributed by atoms with Crippen molar-refractivity contribution in [2.45, 2.75) is 19.4 Å². The van der Waals surface area contributed by atoms with Gasteiger partial charge in [-0.05, 0) is 26.0 Å². The average molecular weight is 192 g/mol. The van der Waals surface area contributed by atoms with Gasteiger partial charge in [0.2, 0.25) is 0 Å². The highest BCUT2D eigenvalue weighted by Crippen LogP contribution is 2.36. The number of ether oxygens (including phenoxy) is 1. The van der Waals surface area contributed by atoms with E-state index in [0.29, 0.717) is 11.3 Å². The monoisotopic (exact) mass is 192 g/mol. The molecule has 74 valence electrons. The second-order valence-electron chi connectivity index (χ2n) is 3.92. The maximum Gasteiger partial charge on any atom is 0.135 e. The maximum atomic E-state index is 9.69. The number of fused-ring (bicyclic) bond motifs is 1. The van der Waals surface area contributed by atoms with Crippen LogP contribution in [-0.2, 0) is 0 Å². The van der Waals surface area contributed by atoms with Crippen LogP contribution in [0, 0.1) is 0 Å². The van der Waals surface area contributed by atoms with Crippen LogP contribution in [0.5, 0.6) is 11.5 Å². The molecule has 14 heavy (non-hydrogen) atoms. The summed E-state index contributed by atoms with van der Waals surface area (Å²) in [4.78, 5) is 0. The third kappa shape index (κ3) is 1.41. The van der Waals surface area contributed by atoms with Crippen molar-refractivity contribution >= 4 is 5.76 Å². The molecule has 0 spiro atoms. The van der Waals surface area contributed by atoms with Crippen LogP contribution in [0.1, 0.15) is 19.4 Å². The number of hydrogen-bond acceptors (Lipinski definition) is 3. The largest absolute Gasteiger partial charge is 0.508 e. The summed E-state index contributed by atoms with van der Waals surface area (Å²) < 4.78 is 5.57.